The van der Waals surface area contributed by atoms with Gasteiger partial charge in [0.25, 0.3) is 0 Å². The number of ether oxygens (including phenoxy) is 1. The normalized spacial score (nSPS) is 10.5. The van der Waals surface area contributed by atoms with Crippen molar-refractivity contribution in [3.05, 3.63) is 24.4 Å². The Morgan fingerprint density at radius 2 is 2.47 bits per heavy atom. The highest BCUT2D eigenvalue weighted by Gasteiger charge is 2.02. The second kappa shape index (κ2) is 4.10. The number of hydrogen-bond donors (Lipinski definition) is 2. The minimum Gasteiger partial charge on any atom is -0.375 e. The van der Waals surface area contributed by atoms with E-state index in [-0.39, 0.29) is 12.5 Å². The van der Waals surface area contributed by atoms with Crippen LogP contribution in [0.3, 0.4) is 0 Å². The van der Waals surface area contributed by atoms with Gasteiger partial charge in [-0.05, 0) is 18.2 Å². The number of benzene rings is 1. The van der Waals surface area contributed by atoms with E-state index in [1.54, 1.807) is 6.20 Å². The van der Waals surface area contributed by atoms with E-state index < -0.39 is 0 Å². The van der Waals surface area contributed by atoms with Crippen molar-refractivity contribution in [3.63, 3.8) is 0 Å². The zero-order valence-electron chi connectivity index (χ0n) is 8.28. The van der Waals surface area contributed by atoms with Gasteiger partial charge in [-0.15, -0.1) is 0 Å². The molecule has 0 unspecified atom stereocenters. The molecule has 2 rings (SSSR count). The van der Waals surface area contributed by atoms with Crippen LogP contribution in [-0.4, -0.2) is 29.8 Å². The van der Waals surface area contributed by atoms with Gasteiger partial charge in [0.15, 0.2) is 0 Å². The third-order valence-corrected chi connectivity index (χ3v) is 2.00. The quantitative estimate of drug-likeness (QED) is 0.789. The standard InChI is InChI=1S/C10H11N3O2/c1-15-6-10(14)12-8-3-2-7-5-11-13-9(7)4-8/h2-5H,6H2,1H3,(H,11,13)(H,12,14). The van der Waals surface area contributed by atoms with Crippen LogP contribution in [0.4, 0.5) is 5.69 Å². The Morgan fingerprint density at radius 3 is 3.27 bits per heavy atom. The second-order valence-corrected chi connectivity index (χ2v) is 3.15. The second-order valence-electron chi connectivity index (χ2n) is 3.15. The molecule has 0 saturated carbocycles. The first-order valence-corrected chi connectivity index (χ1v) is 4.51. The summed E-state index contributed by atoms with van der Waals surface area (Å²) in [5, 5.41) is 10.5. The molecule has 0 atom stereocenters. The van der Waals surface area contributed by atoms with Gasteiger partial charge in [0.1, 0.15) is 6.61 Å². The van der Waals surface area contributed by atoms with Crippen molar-refractivity contribution in [2.45, 2.75) is 0 Å². The lowest BCUT2D eigenvalue weighted by Crippen LogP contribution is -2.16. The molecule has 2 N–H and O–H groups in total. The average molecular weight is 205 g/mol. The number of aromatic nitrogens is 2. The van der Waals surface area contributed by atoms with Crippen LogP contribution in [0.1, 0.15) is 0 Å². The molecule has 0 fully saturated rings. The van der Waals surface area contributed by atoms with E-state index in [0.29, 0.717) is 0 Å². The van der Waals surface area contributed by atoms with Gasteiger partial charge in [-0.1, -0.05) is 0 Å². The summed E-state index contributed by atoms with van der Waals surface area (Å²) in [5.74, 6) is -0.170. The van der Waals surface area contributed by atoms with Gasteiger partial charge < -0.3 is 10.1 Å². The first kappa shape index (κ1) is 9.67. The van der Waals surface area contributed by atoms with Gasteiger partial charge in [0.2, 0.25) is 5.91 Å². The highest BCUT2D eigenvalue weighted by atomic mass is 16.5. The van der Waals surface area contributed by atoms with Crippen LogP contribution in [0.15, 0.2) is 24.4 Å². The summed E-state index contributed by atoms with van der Waals surface area (Å²) in [6, 6.07) is 5.54. The first-order chi connectivity index (χ1) is 7.29. The van der Waals surface area contributed by atoms with Gasteiger partial charge in [0, 0.05) is 18.2 Å². The van der Waals surface area contributed by atoms with E-state index in [2.05, 4.69) is 15.5 Å². The molecule has 0 saturated heterocycles. The number of H-pyrrole nitrogens is 1. The Bertz CT molecular complexity index is 478. The maximum Gasteiger partial charge on any atom is 0.250 e. The Balaban J connectivity index is 2.17. The smallest absolute Gasteiger partial charge is 0.250 e. The van der Waals surface area contributed by atoms with Crippen molar-refractivity contribution in [1.82, 2.24) is 10.2 Å². The number of anilines is 1. The number of rotatable bonds is 3. The molecule has 1 aromatic carbocycles. The van der Waals surface area contributed by atoms with Gasteiger partial charge in [-0.3, -0.25) is 9.89 Å². The maximum absolute atomic E-state index is 11.2. The number of hydrogen-bond acceptors (Lipinski definition) is 3. The van der Waals surface area contributed by atoms with E-state index in [9.17, 15) is 4.79 Å². The van der Waals surface area contributed by atoms with E-state index in [4.69, 9.17) is 4.74 Å². The van der Waals surface area contributed by atoms with E-state index in [1.165, 1.54) is 7.11 Å². The zero-order chi connectivity index (χ0) is 10.7. The van der Waals surface area contributed by atoms with Crippen LogP contribution in [0.2, 0.25) is 0 Å². The topological polar surface area (TPSA) is 67.0 Å². The molecule has 1 aromatic heterocycles. The lowest BCUT2D eigenvalue weighted by molar-refractivity contribution is -0.119. The molecule has 15 heavy (non-hydrogen) atoms. The number of carbonyl (C=O) groups excluding carboxylic acids is 1. The lowest BCUT2D eigenvalue weighted by atomic mass is 10.2. The monoisotopic (exact) mass is 205 g/mol. The van der Waals surface area contributed by atoms with Crippen molar-refractivity contribution >= 4 is 22.5 Å². The van der Waals surface area contributed by atoms with Crippen LogP contribution in [0.5, 0.6) is 0 Å². The molecule has 5 heteroatoms. The predicted octanol–water partition coefficient (Wildman–Crippen LogP) is 1.15. The summed E-state index contributed by atoms with van der Waals surface area (Å²) in [7, 11) is 1.48. The third kappa shape index (κ3) is 2.13. The van der Waals surface area contributed by atoms with Crippen LogP contribution in [0.25, 0.3) is 10.9 Å². The fourth-order valence-electron chi connectivity index (χ4n) is 1.34. The van der Waals surface area contributed by atoms with Crippen molar-refractivity contribution in [2.75, 3.05) is 19.0 Å². The Hall–Kier alpha value is -1.88. The minimum absolute atomic E-state index is 0.0566. The largest absolute Gasteiger partial charge is 0.375 e. The summed E-state index contributed by atoms with van der Waals surface area (Å²) in [5.41, 5.74) is 1.62. The van der Waals surface area contributed by atoms with Gasteiger partial charge in [-0.25, -0.2) is 0 Å². The zero-order valence-corrected chi connectivity index (χ0v) is 8.28. The van der Waals surface area contributed by atoms with E-state index >= 15 is 0 Å². The molecule has 0 aliphatic rings. The third-order valence-electron chi connectivity index (χ3n) is 2.00. The Kier molecular flexibility index (Phi) is 2.64. The highest BCUT2D eigenvalue weighted by Crippen LogP contribution is 2.16. The number of nitrogens with one attached hydrogen (secondary N) is 2. The van der Waals surface area contributed by atoms with Gasteiger partial charge in [0.05, 0.1) is 11.7 Å². The predicted molar refractivity (Wildman–Crippen MR) is 56.6 cm³/mol. The van der Waals surface area contributed by atoms with Crippen molar-refractivity contribution in [1.29, 1.82) is 0 Å². The molecule has 1 heterocycles. The average Bonchev–Trinajstić information content (AvgIpc) is 2.65. The Morgan fingerprint density at radius 1 is 1.60 bits per heavy atom. The fourth-order valence-corrected chi connectivity index (χ4v) is 1.34. The summed E-state index contributed by atoms with van der Waals surface area (Å²) >= 11 is 0. The van der Waals surface area contributed by atoms with Crippen LogP contribution < -0.4 is 5.32 Å². The van der Waals surface area contributed by atoms with Gasteiger partial charge >= 0.3 is 0 Å². The molecule has 2 aromatic rings. The fraction of sp³-hybridized carbons (Fsp3) is 0.200. The molecule has 0 spiro atoms. The van der Waals surface area contributed by atoms with Crippen LogP contribution in [-0.2, 0) is 9.53 Å². The number of aromatic amines is 1. The van der Waals surface area contributed by atoms with Gasteiger partial charge in [-0.2, -0.15) is 5.10 Å². The van der Waals surface area contributed by atoms with Crippen molar-refractivity contribution < 1.29 is 9.53 Å². The highest BCUT2D eigenvalue weighted by molar-refractivity contribution is 5.94. The van der Waals surface area contributed by atoms with Crippen molar-refractivity contribution in [2.24, 2.45) is 0 Å². The number of carbonyl (C=O) groups is 1. The summed E-state index contributed by atoms with van der Waals surface area (Å²) in [4.78, 5) is 11.2. The minimum atomic E-state index is -0.170. The summed E-state index contributed by atoms with van der Waals surface area (Å²) in [6.45, 7) is 0.0566. The molecular formula is C10H11N3O2. The molecule has 0 aliphatic carbocycles. The Labute approximate surface area is 86.4 Å². The summed E-state index contributed by atoms with van der Waals surface area (Å²) < 4.78 is 4.72. The molecule has 0 bridgehead atoms. The number of amides is 1. The lowest BCUT2D eigenvalue weighted by Gasteiger charge is -2.03. The number of fused-ring (bicyclic) bond motifs is 1. The van der Waals surface area contributed by atoms with Crippen LogP contribution >= 0.6 is 0 Å². The molecule has 1 amide bonds. The molecule has 5 nitrogen and oxygen atoms in total. The number of methoxy groups -OCH3 is 1. The molecule has 0 aliphatic heterocycles. The number of nitrogens with zero attached hydrogens (tertiary/aromatic N) is 1. The molecule has 78 valence electrons. The van der Waals surface area contributed by atoms with E-state index in [1.807, 2.05) is 18.2 Å². The SMILES string of the molecule is COCC(=O)Nc1ccc2cn[nH]c2c1. The molecular weight excluding hydrogens is 194 g/mol. The maximum atomic E-state index is 11.2. The van der Waals surface area contributed by atoms with Crippen LogP contribution in [0, 0.1) is 0 Å². The first-order valence-electron chi connectivity index (χ1n) is 4.51. The molecule has 0 radical (unpaired) electrons. The van der Waals surface area contributed by atoms with E-state index in [0.717, 1.165) is 16.6 Å². The van der Waals surface area contributed by atoms with Crippen molar-refractivity contribution in [3.8, 4) is 0 Å². The summed E-state index contributed by atoms with van der Waals surface area (Å²) in [6.07, 6.45) is 1.73.